The third-order valence-corrected chi connectivity index (χ3v) is 2.86. The van der Waals surface area contributed by atoms with Crippen LogP contribution in [0.4, 0.5) is 0 Å². The van der Waals surface area contributed by atoms with Gasteiger partial charge in [0.25, 0.3) is 0 Å². The highest BCUT2D eigenvalue weighted by atomic mass is 16.4. The number of aromatic nitrogens is 6. The van der Waals surface area contributed by atoms with E-state index in [1.54, 1.807) is 27.7 Å². The number of carboxylic acid groups (broad SMARTS) is 1. The first-order chi connectivity index (χ1) is 9.15. The van der Waals surface area contributed by atoms with Gasteiger partial charge >= 0.3 is 5.97 Å². The summed E-state index contributed by atoms with van der Waals surface area (Å²) in [5.74, 6) is -0.263. The van der Waals surface area contributed by atoms with Crippen LogP contribution >= 0.6 is 0 Å². The van der Waals surface area contributed by atoms with Crippen LogP contribution in [0.15, 0.2) is 24.5 Å². The SMILES string of the molecule is Cn1cnnc1Cn1nnc2ccc(C(=O)O)cc21. The Labute approximate surface area is 107 Å². The molecular weight excluding hydrogens is 248 g/mol. The summed E-state index contributed by atoms with van der Waals surface area (Å²) in [6.07, 6.45) is 1.59. The van der Waals surface area contributed by atoms with Gasteiger partial charge in [-0.2, -0.15) is 0 Å². The predicted molar refractivity (Wildman–Crippen MR) is 64.6 cm³/mol. The van der Waals surface area contributed by atoms with Crippen LogP contribution in [0.3, 0.4) is 0 Å². The van der Waals surface area contributed by atoms with Crippen molar-refractivity contribution in [1.29, 1.82) is 0 Å². The second-order valence-corrected chi connectivity index (χ2v) is 4.11. The van der Waals surface area contributed by atoms with Gasteiger partial charge in [-0.05, 0) is 18.2 Å². The van der Waals surface area contributed by atoms with Crippen LogP contribution in [0.25, 0.3) is 11.0 Å². The van der Waals surface area contributed by atoms with Gasteiger partial charge in [-0.1, -0.05) is 5.21 Å². The lowest BCUT2D eigenvalue weighted by Crippen LogP contribution is -2.07. The first-order valence-electron chi connectivity index (χ1n) is 5.54. The molecule has 0 atom stereocenters. The molecule has 0 saturated carbocycles. The number of hydrogen-bond acceptors (Lipinski definition) is 5. The zero-order valence-electron chi connectivity index (χ0n) is 10.1. The van der Waals surface area contributed by atoms with E-state index in [1.165, 1.54) is 6.07 Å². The molecule has 0 aliphatic heterocycles. The van der Waals surface area contributed by atoms with E-state index >= 15 is 0 Å². The average Bonchev–Trinajstić information content (AvgIpc) is 2.97. The third-order valence-electron chi connectivity index (χ3n) is 2.86. The number of rotatable bonds is 3. The van der Waals surface area contributed by atoms with Gasteiger partial charge in [0.05, 0.1) is 11.1 Å². The van der Waals surface area contributed by atoms with Gasteiger partial charge in [-0.15, -0.1) is 15.3 Å². The van der Waals surface area contributed by atoms with Gasteiger partial charge in [-0.3, -0.25) is 0 Å². The van der Waals surface area contributed by atoms with E-state index in [0.29, 0.717) is 23.4 Å². The topological polar surface area (TPSA) is 98.7 Å². The van der Waals surface area contributed by atoms with E-state index in [1.807, 2.05) is 7.05 Å². The Morgan fingerprint density at radius 1 is 1.37 bits per heavy atom. The van der Waals surface area contributed by atoms with Crippen molar-refractivity contribution in [3.63, 3.8) is 0 Å². The summed E-state index contributed by atoms with van der Waals surface area (Å²) in [7, 11) is 1.83. The highest BCUT2D eigenvalue weighted by Gasteiger charge is 2.11. The van der Waals surface area contributed by atoms with E-state index in [9.17, 15) is 4.79 Å². The molecule has 1 aromatic carbocycles. The van der Waals surface area contributed by atoms with Crippen molar-refractivity contribution in [2.24, 2.45) is 7.05 Å². The zero-order chi connectivity index (χ0) is 13.4. The number of carbonyl (C=O) groups is 1. The van der Waals surface area contributed by atoms with E-state index in [-0.39, 0.29) is 5.56 Å². The number of fused-ring (bicyclic) bond motifs is 1. The van der Waals surface area contributed by atoms with Crippen molar-refractivity contribution in [3.8, 4) is 0 Å². The fraction of sp³-hybridized carbons (Fsp3) is 0.182. The van der Waals surface area contributed by atoms with E-state index in [2.05, 4.69) is 20.5 Å². The molecule has 0 amide bonds. The first-order valence-corrected chi connectivity index (χ1v) is 5.54. The molecule has 3 aromatic rings. The number of hydrogen-bond donors (Lipinski definition) is 1. The van der Waals surface area contributed by atoms with Crippen molar-refractivity contribution < 1.29 is 9.90 Å². The standard InChI is InChI=1S/C11H10N6O2/c1-16-6-12-14-10(16)5-17-9-4-7(11(18)19)2-3-8(9)13-15-17/h2-4,6H,5H2,1H3,(H,18,19). The summed E-state index contributed by atoms with van der Waals surface area (Å²) in [5.41, 5.74) is 1.50. The van der Waals surface area contributed by atoms with Gasteiger partial charge < -0.3 is 9.67 Å². The van der Waals surface area contributed by atoms with Crippen LogP contribution in [0, 0.1) is 0 Å². The Hall–Kier alpha value is -2.77. The molecule has 0 aliphatic rings. The van der Waals surface area contributed by atoms with Gasteiger partial charge in [0.2, 0.25) is 0 Å². The Kier molecular flexibility index (Phi) is 2.48. The predicted octanol–water partition coefficient (Wildman–Crippen LogP) is 0.306. The summed E-state index contributed by atoms with van der Waals surface area (Å²) in [4.78, 5) is 11.0. The fourth-order valence-electron chi connectivity index (χ4n) is 1.80. The molecule has 8 heteroatoms. The molecule has 8 nitrogen and oxygen atoms in total. The molecule has 3 rings (SSSR count). The number of aryl methyl sites for hydroxylation is 1. The molecule has 0 fully saturated rings. The third kappa shape index (κ3) is 1.92. The van der Waals surface area contributed by atoms with E-state index < -0.39 is 5.97 Å². The van der Waals surface area contributed by atoms with Crippen LogP contribution < -0.4 is 0 Å². The lowest BCUT2D eigenvalue weighted by atomic mass is 10.2. The van der Waals surface area contributed by atoms with Gasteiger partial charge in [0.1, 0.15) is 18.4 Å². The number of benzene rings is 1. The maximum absolute atomic E-state index is 11.0. The summed E-state index contributed by atoms with van der Waals surface area (Å²) in [6, 6.07) is 4.69. The maximum atomic E-state index is 11.0. The highest BCUT2D eigenvalue weighted by Crippen LogP contribution is 2.14. The Morgan fingerprint density at radius 3 is 2.89 bits per heavy atom. The average molecular weight is 258 g/mol. The van der Waals surface area contributed by atoms with Crippen molar-refractivity contribution in [1.82, 2.24) is 29.8 Å². The molecule has 0 aliphatic carbocycles. The fourth-order valence-corrected chi connectivity index (χ4v) is 1.80. The van der Waals surface area contributed by atoms with Crippen molar-refractivity contribution in [3.05, 3.63) is 35.9 Å². The summed E-state index contributed by atoms with van der Waals surface area (Å²) in [6.45, 7) is 0.385. The molecule has 19 heavy (non-hydrogen) atoms. The zero-order valence-corrected chi connectivity index (χ0v) is 10.1. The quantitative estimate of drug-likeness (QED) is 0.725. The summed E-state index contributed by atoms with van der Waals surface area (Å²) < 4.78 is 3.38. The normalized spacial score (nSPS) is 11.0. The van der Waals surface area contributed by atoms with Crippen molar-refractivity contribution in [2.45, 2.75) is 6.54 Å². The van der Waals surface area contributed by atoms with Crippen molar-refractivity contribution >= 4 is 17.0 Å². The minimum atomic E-state index is -0.978. The molecule has 2 heterocycles. The summed E-state index contributed by atoms with van der Waals surface area (Å²) >= 11 is 0. The van der Waals surface area contributed by atoms with Crippen LogP contribution in [-0.2, 0) is 13.6 Å². The van der Waals surface area contributed by atoms with Crippen LogP contribution in [0.5, 0.6) is 0 Å². The Balaban J connectivity index is 2.06. The van der Waals surface area contributed by atoms with Crippen LogP contribution in [0.1, 0.15) is 16.2 Å². The Bertz CT molecular complexity index is 759. The van der Waals surface area contributed by atoms with Gasteiger partial charge in [0.15, 0.2) is 5.82 Å². The number of aromatic carboxylic acids is 1. The highest BCUT2D eigenvalue weighted by molar-refractivity contribution is 5.92. The van der Waals surface area contributed by atoms with Gasteiger partial charge in [-0.25, -0.2) is 9.48 Å². The molecule has 0 bridgehead atoms. The lowest BCUT2D eigenvalue weighted by molar-refractivity contribution is 0.0697. The second-order valence-electron chi connectivity index (χ2n) is 4.11. The molecule has 96 valence electrons. The van der Waals surface area contributed by atoms with E-state index in [0.717, 1.165) is 0 Å². The number of nitrogens with zero attached hydrogens (tertiary/aromatic N) is 6. The summed E-state index contributed by atoms with van der Waals surface area (Å²) in [5, 5.41) is 24.7. The van der Waals surface area contributed by atoms with Crippen molar-refractivity contribution in [2.75, 3.05) is 0 Å². The molecule has 1 N–H and O–H groups in total. The monoisotopic (exact) mass is 258 g/mol. The minimum Gasteiger partial charge on any atom is -0.478 e. The minimum absolute atomic E-state index is 0.203. The van der Waals surface area contributed by atoms with Crippen LogP contribution in [-0.4, -0.2) is 40.8 Å². The molecular formula is C11H10N6O2. The Morgan fingerprint density at radius 2 is 2.21 bits per heavy atom. The maximum Gasteiger partial charge on any atom is 0.335 e. The van der Waals surface area contributed by atoms with E-state index in [4.69, 9.17) is 5.11 Å². The van der Waals surface area contributed by atoms with Gasteiger partial charge in [0, 0.05) is 7.05 Å². The molecule has 0 saturated heterocycles. The van der Waals surface area contributed by atoms with Crippen LogP contribution in [0.2, 0.25) is 0 Å². The lowest BCUT2D eigenvalue weighted by Gasteiger charge is -2.02. The number of carboxylic acids is 1. The molecule has 0 spiro atoms. The second kappa shape index (κ2) is 4.16. The first kappa shape index (κ1) is 11.3. The molecule has 0 unspecified atom stereocenters. The molecule has 0 radical (unpaired) electrons. The molecule has 2 aromatic heterocycles. The smallest absolute Gasteiger partial charge is 0.335 e. The largest absolute Gasteiger partial charge is 0.478 e.